The Morgan fingerprint density at radius 1 is 1.08 bits per heavy atom. The first-order valence-corrected chi connectivity index (χ1v) is 9.53. The van der Waals surface area contributed by atoms with E-state index in [9.17, 15) is 4.79 Å². The summed E-state index contributed by atoms with van der Waals surface area (Å²) >= 11 is 6.11. The molecule has 0 aliphatic heterocycles. The van der Waals surface area contributed by atoms with E-state index in [-0.39, 0.29) is 17.4 Å². The third-order valence-corrected chi connectivity index (χ3v) is 6.67. The molecule has 3 aliphatic rings. The maximum Gasteiger partial charge on any atom is 0.137 e. The van der Waals surface area contributed by atoms with Gasteiger partial charge < -0.3 is 5.32 Å². The fraction of sp³-hybridized carbons (Fsp3) is 0.409. The second-order valence-corrected chi connectivity index (χ2v) is 8.12. The molecule has 0 radical (unpaired) electrons. The molecule has 3 heteroatoms. The molecule has 0 aromatic heterocycles. The number of fused-ring (bicyclic) bond motifs is 3. The van der Waals surface area contributed by atoms with Crippen LogP contribution < -0.4 is 5.32 Å². The van der Waals surface area contributed by atoms with Crippen molar-refractivity contribution >= 4 is 17.4 Å². The van der Waals surface area contributed by atoms with Gasteiger partial charge in [-0.25, -0.2) is 0 Å². The highest BCUT2D eigenvalue weighted by molar-refractivity contribution is 6.30. The van der Waals surface area contributed by atoms with Gasteiger partial charge in [0.15, 0.2) is 0 Å². The predicted molar refractivity (Wildman–Crippen MR) is 102 cm³/mol. The molecule has 0 heterocycles. The van der Waals surface area contributed by atoms with Crippen molar-refractivity contribution in [1.82, 2.24) is 5.32 Å². The van der Waals surface area contributed by atoms with Gasteiger partial charge in [-0.05, 0) is 42.0 Å². The van der Waals surface area contributed by atoms with Crippen molar-refractivity contribution in [2.24, 2.45) is 11.8 Å². The molecule has 1 N–H and O–H groups in total. The Kier molecular flexibility index (Phi) is 4.43. The zero-order chi connectivity index (χ0) is 17.4. The molecule has 25 heavy (non-hydrogen) atoms. The first-order chi connectivity index (χ1) is 12.1. The minimum absolute atomic E-state index is 0.0316. The summed E-state index contributed by atoms with van der Waals surface area (Å²) in [5.41, 5.74) is 2.52. The van der Waals surface area contributed by atoms with Gasteiger partial charge in [0.2, 0.25) is 0 Å². The molecule has 0 amide bonds. The van der Waals surface area contributed by atoms with E-state index in [1.807, 2.05) is 18.2 Å². The van der Waals surface area contributed by atoms with Gasteiger partial charge in [-0.15, -0.1) is 0 Å². The highest BCUT2D eigenvalue weighted by Crippen LogP contribution is 2.52. The van der Waals surface area contributed by atoms with Gasteiger partial charge in [0.25, 0.3) is 0 Å². The molecule has 0 saturated heterocycles. The van der Waals surface area contributed by atoms with E-state index in [1.54, 1.807) is 0 Å². The number of rotatable bonds is 4. The Bertz CT molecular complexity index is 757. The number of carbonyl (C=O) groups excluding carboxylic acids is 1. The monoisotopic (exact) mass is 353 g/mol. The summed E-state index contributed by atoms with van der Waals surface area (Å²) in [6, 6.07) is 18.8. The van der Waals surface area contributed by atoms with Crippen molar-refractivity contribution in [1.29, 1.82) is 0 Å². The van der Waals surface area contributed by atoms with E-state index in [0.29, 0.717) is 18.1 Å². The number of halogens is 1. The maximum atomic E-state index is 12.6. The molecule has 5 rings (SSSR count). The highest BCUT2D eigenvalue weighted by atomic mass is 35.5. The van der Waals surface area contributed by atoms with Gasteiger partial charge in [0.1, 0.15) is 5.78 Å². The van der Waals surface area contributed by atoms with Crippen LogP contribution in [0, 0.1) is 11.8 Å². The first-order valence-electron chi connectivity index (χ1n) is 9.15. The van der Waals surface area contributed by atoms with Gasteiger partial charge in [-0.3, -0.25) is 4.79 Å². The molecule has 3 aliphatic carbocycles. The van der Waals surface area contributed by atoms with Crippen LogP contribution in [0.15, 0.2) is 54.6 Å². The molecular formula is C22H24ClNO. The summed E-state index contributed by atoms with van der Waals surface area (Å²) in [5.74, 6) is 0.960. The zero-order valence-electron chi connectivity index (χ0n) is 14.5. The van der Waals surface area contributed by atoms with Crippen molar-refractivity contribution in [3.63, 3.8) is 0 Å². The Hall–Kier alpha value is -1.64. The molecule has 2 nitrogen and oxygen atoms in total. The molecule has 4 unspecified atom stereocenters. The summed E-state index contributed by atoms with van der Waals surface area (Å²) in [6.45, 7) is 3.13. The van der Waals surface area contributed by atoms with Gasteiger partial charge in [-0.1, -0.05) is 61.0 Å². The fourth-order valence-electron chi connectivity index (χ4n) is 4.98. The van der Waals surface area contributed by atoms with Crippen LogP contribution in [0.1, 0.15) is 37.3 Å². The van der Waals surface area contributed by atoms with Crippen LogP contribution in [0.3, 0.4) is 0 Å². The largest absolute Gasteiger partial charge is 0.308 e. The lowest BCUT2D eigenvalue weighted by Crippen LogP contribution is -2.63. The third kappa shape index (κ3) is 2.92. The summed E-state index contributed by atoms with van der Waals surface area (Å²) in [7, 11) is 0. The van der Waals surface area contributed by atoms with E-state index in [0.717, 1.165) is 24.4 Å². The second kappa shape index (κ2) is 6.59. The van der Waals surface area contributed by atoms with Crippen LogP contribution in [-0.4, -0.2) is 11.8 Å². The lowest BCUT2D eigenvalue weighted by Gasteiger charge is -2.55. The van der Waals surface area contributed by atoms with Crippen molar-refractivity contribution in [3.05, 3.63) is 70.7 Å². The lowest BCUT2D eigenvalue weighted by molar-refractivity contribution is -0.135. The fourth-order valence-corrected chi connectivity index (χ4v) is 5.10. The number of hydrogen-bond acceptors (Lipinski definition) is 2. The average Bonchev–Trinajstić information content (AvgIpc) is 2.63. The zero-order valence-corrected chi connectivity index (χ0v) is 15.3. The smallest absolute Gasteiger partial charge is 0.137 e. The molecule has 0 spiro atoms. The predicted octanol–water partition coefficient (Wildman–Crippen LogP) is 4.76. The first kappa shape index (κ1) is 16.8. The van der Waals surface area contributed by atoms with Crippen molar-refractivity contribution in [3.8, 4) is 0 Å². The Balaban J connectivity index is 1.67. The van der Waals surface area contributed by atoms with E-state index >= 15 is 0 Å². The number of nitrogens with one attached hydrogen (secondary N) is 1. The number of benzene rings is 2. The number of carbonyl (C=O) groups is 1. The van der Waals surface area contributed by atoms with E-state index in [2.05, 4.69) is 48.6 Å². The molecular weight excluding hydrogens is 330 g/mol. The van der Waals surface area contributed by atoms with Gasteiger partial charge in [0, 0.05) is 35.4 Å². The van der Waals surface area contributed by atoms with Crippen LogP contribution in [0.5, 0.6) is 0 Å². The van der Waals surface area contributed by atoms with Gasteiger partial charge >= 0.3 is 0 Å². The summed E-state index contributed by atoms with van der Waals surface area (Å²) in [4.78, 5) is 12.6. The molecule has 2 aromatic carbocycles. The molecule has 3 fully saturated rings. The standard InChI is InChI=1S/C22H24ClNO/c1-22(16-7-10-18(23)11-8-16)17-9-12-19(20(25)13-17)21(22)24-14-15-5-3-2-4-6-15/h2-8,10-11,17,19,21,24H,9,12-14H2,1H3. The van der Waals surface area contributed by atoms with Crippen LogP contribution in [0.25, 0.3) is 0 Å². The summed E-state index contributed by atoms with van der Waals surface area (Å²) in [5, 5.41) is 4.51. The SMILES string of the molecule is CC1(c2ccc(Cl)cc2)C2CCC(C(=O)C2)C1NCc1ccccc1. The topological polar surface area (TPSA) is 29.1 Å². The quantitative estimate of drug-likeness (QED) is 0.859. The minimum Gasteiger partial charge on any atom is -0.308 e. The van der Waals surface area contributed by atoms with Gasteiger partial charge in [0.05, 0.1) is 0 Å². The molecule has 130 valence electrons. The van der Waals surface area contributed by atoms with Crippen LogP contribution in [0.2, 0.25) is 5.02 Å². The number of hydrogen-bond donors (Lipinski definition) is 1. The Labute approximate surface area is 154 Å². The summed E-state index contributed by atoms with van der Waals surface area (Å²) < 4.78 is 0. The minimum atomic E-state index is -0.0316. The Morgan fingerprint density at radius 2 is 1.80 bits per heavy atom. The van der Waals surface area contributed by atoms with Crippen molar-refractivity contribution in [2.75, 3.05) is 0 Å². The van der Waals surface area contributed by atoms with Gasteiger partial charge in [-0.2, -0.15) is 0 Å². The molecule has 3 saturated carbocycles. The van der Waals surface area contributed by atoms with E-state index in [1.165, 1.54) is 11.1 Å². The average molecular weight is 354 g/mol. The maximum absolute atomic E-state index is 12.6. The highest BCUT2D eigenvalue weighted by Gasteiger charge is 2.55. The van der Waals surface area contributed by atoms with Crippen LogP contribution in [-0.2, 0) is 16.8 Å². The van der Waals surface area contributed by atoms with Crippen LogP contribution in [0.4, 0.5) is 0 Å². The molecule has 2 aromatic rings. The van der Waals surface area contributed by atoms with E-state index in [4.69, 9.17) is 11.6 Å². The lowest BCUT2D eigenvalue weighted by atomic mass is 9.51. The number of ketones is 1. The van der Waals surface area contributed by atoms with Crippen molar-refractivity contribution in [2.45, 2.75) is 44.2 Å². The molecule has 2 bridgehead atoms. The van der Waals surface area contributed by atoms with E-state index < -0.39 is 0 Å². The summed E-state index contributed by atoms with van der Waals surface area (Å²) in [6.07, 6.45) is 2.87. The molecule has 4 atom stereocenters. The Morgan fingerprint density at radius 3 is 2.48 bits per heavy atom. The number of Topliss-reactive ketones (excluding diaryl/α,β-unsaturated/α-hetero) is 1. The van der Waals surface area contributed by atoms with Crippen molar-refractivity contribution < 1.29 is 4.79 Å². The second-order valence-electron chi connectivity index (χ2n) is 7.68. The third-order valence-electron chi connectivity index (χ3n) is 6.42. The van der Waals surface area contributed by atoms with Crippen LogP contribution >= 0.6 is 11.6 Å². The normalized spacial score (nSPS) is 31.3.